The number of rotatable bonds is 11. The number of nitrogens with zero attached hydrogens (tertiary/aromatic N) is 2. The van der Waals surface area contributed by atoms with Gasteiger partial charge in [-0.1, -0.05) is 54.2 Å². The zero-order valence-electron chi connectivity index (χ0n) is 19.2. The molecule has 0 saturated carbocycles. The lowest BCUT2D eigenvalue weighted by atomic mass is 10.1. The second-order valence-electron chi connectivity index (χ2n) is 7.82. The molecular formula is C23H28Cl3N3O4S. The number of benzene rings is 2. The van der Waals surface area contributed by atoms with Crippen molar-refractivity contribution in [2.75, 3.05) is 23.7 Å². The summed E-state index contributed by atoms with van der Waals surface area (Å²) in [6.07, 6.45) is 2.71. The zero-order chi connectivity index (χ0) is 25.5. The number of anilines is 1. The lowest BCUT2D eigenvalue weighted by Gasteiger charge is -2.31. The zero-order valence-corrected chi connectivity index (χ0v) is 22.3. The van der Waals surface area contributed by atoms with E-state index in [-0.39, 0.29) is 18.1 Å². The summed E-state index contributed by atoms with van der Waals surface area (Å²) >= 11 is 18.2. The van der Waals surface area contributed by atoms with Gasteiger partial charge in [-0.25, -0.2) is 8.42 Å². The molecule has 0 aliphatic heterocycles. The van der Waals surface area contributed by atoms with Crippen molar-refractivity contribution in [3.63, 3.8) is 0 Å². The number of nitrogens with one attached hydrogen (secondary N) is 1. The molecule has 0 radical (unpaired) electrons. The quantitative estimate of drug-likeness (QED) is 0.411. The van der Waals surface area contributed by atoms with Crippen LogP contribution in [0, 0.1) is 0 Å². The Morgan fingerprint density at radius 3 is 2.21 bits per heavy atom. The molecule has 0 saturated heterocycles. The third-order valence-corrected chi connectivity index (χ3v) is 7.13. The van der Waals surface area contributed by atoms with Gasteiger partial charge in [-0.15, -0.1) is 0 Å². The number of amides is 2. The van der Waals surface area contributed by atoms with Crippen molar-refractivity contribution in [2.24, 2.45) is 0 Å². The first kappa shape index (κ1) is 28.2. The second kappa shape index (κ2) is 12.6. The maximum absolute atomic E-state index is 13.4. The van der Waals surface area contributed by atoms with Gasteiger partial charge in [0.25, 0.3) is 0 Å². The van der Waals surface area contributed by atoms with Crippen LogP contribution in [0.15, 0.2) is 42.5 Å². The van der Waals surface area contributed by atoms with Gasteiger partial charge in [0.2, 0.25) is 21.8 Å². The van der Waals surface area contributed by atoms with Crippen molar-refractivity contribution in [1.29, 1.82) is 0 Å². The summed E-state index contributed by atoms with van der Waals surface area (Å²) < 4.78 is 26.0. The van der Waals surface area contributed by atoms with E-state index in [1.54, 1.807) is 25.1 Å². The molecular weight excluding hydrogens is 521 g/mol. The highest BCUT2D eigenvalue weighted by Crippen LogP contribution is 2.25. The molecule has 0 heterocycles. The minimum atomic E-state index is -3.81. The van der Waals surface area contributed by atoms with Crippen LogP contribution in [0.4, 0.5) is 5.69 Å². The number of unbranched alkanes of at least 4 members (excludes halogenated alkanes) is 1. The summed E-state index contributed by atoms with van der Waals surface area (Å²) in [6.45, 7) is 3.57. The van der Waals surface area contributed by atoms with E-state index in [1.807, 2.05) is 6.92 Å². The molecule has 2 aromatic carbocycles. The molecule has 2 amide bonds. The molecule has 0 aliphatic rings. The third-order valence-electron chi connectivity index (χ3n) is 5.15. The van der Waals surface area contributed by atoms with Crippen LogP contribution >= 0.6 is 34.8 Å². The van der Waals surface area contributed by atoms with Gasteiger partial charge in [0.1, 0.15) is 12.6 Å². The highest BCUT2D eigenvalue weighted by Gasteiger charge is 2.30. The van der Waals surface area contributed by atoms with Crippen LogP contribution in [0.3, 0.4) is 0 Å². The van der Waals surface area contributed by atoms with Crippen LogP contribution < -0.4 is 9.62 Å². The third kappa shape index (κ3) is 8.05. The van der Waals surface area contributed by atoms with E-state index in [4.69, 9.17) is 34.8 Å². The van der Waals surface area contributed by atoms with E-state index in [0.29, 0.717) is 27.2 Å². The van der Waals surface area contributed by atoms with E-state index in [0.717, 1.165) is 23.4 Å². The first-order valence-corrected chi connectivity index (χ1v) is 13.7. The Bertz CT molecular complexity index is 1110. The van der Waals surface area contributed by atoms with Crippen molar-refractivity contribution >= 4 is 62.3 Å². The molecule has 2 aromatic rings. The molecule has 7 nitrogen and oxygen atoms in total. The lowest BCUT2D eigenvalue weighted by molar-refractivity contribution is -0.139. The Morgan fingerprint density at radius 1 is 1.03 bits per heavy atom. The van der Waals surface area contributed by atoms with Gasteiger partial charge >= 0.3 is 0 Å². The van der Waals surface area contributed by atoms with Crippen molar-refractivity contribution in [1.82, 2.24) is 10.2 Å². The fourth-order valence-corrected chi connectivity index (χ4v) is 4.62. The maximum atomic E-state index is 13.4. The summed E-state index contributed by atoms with van der Waals surface area (Å²) in [4.78, 5) is 27.5. The molecule has 11 heteroatoms. The van der Waals surface area contributed by atoms with Crippen LogP contribution in [-0.4, -0.2) is 50.5 Å². The molecule has 1 N–H and O–H groups in total. The number of sulfonamides is 1. The van der Waals surface area contributed by atoms with E-state index >= 15 is 0 Å². The molecule has 34 heavy (non-hydrogen) atoms. The first-order chi connectivity index (χ1) is 15.9. The van der Waals surface area contributed by atoms with Gasteiger partial charge < -0.3 is 10.2 Å². The molecule has 0 spiro atoms. The second-order valence-corrected chi connectivity index (χ2v) is 11.0. The summed E-state index contributed by atoms with van der Waals surface area (Å²) in [5, 5.41) is 4.01. The van der Waals surface area contributed by atoms with Crippen LogP contribution in [0.25, 0.3) is 0 Å². The Hall–Kier alpha value is -2.00. The predicted octanol–water partition coefficient (Wildman–Crippen LogP) is 4.75. The first-order valence-electron chi connectivity index (χ1n) is 10.7. The van der Waals surface area contributed by atoms with E-state index in [2.05, 4.69) is 5.32 Å². The highest BCUT2D eigenvalue weighted by molar-refractivity contribution is 7.92. The molecule has 0 aromatic heterocycles. The highest BCUT2D eigenvalue weighted by atomic mass is 35.5. The van der Waals surface area contributed by atoms with E-state index < -0.39 is 28.5 Å². The Morgan fingerprint density at radius 2 is 1.65 bits per heavy atom. The van der Waals surface area contributed by atoms with Gasteiger partial charge in [-0.2, -0.15) is 0 Å². The molecule has 1 unspecified atom stereocenters. The standard InChI is InChI=1S/C23H28Cl3N3O4S/c1-4-5-12-27-23(31)16(2)28(14-17-6-7-19(25)13-21(17)26)22(30)15-29(34(3,32)33)20-10-8-18(24)9-11-20/h6-11,13,16H,4-5,12,14-15H2,1-3H3,(H,27,31). The van der Waals surface area contributed by atoms with Crippen molar-refractivity contribution < 1.29 is 18.0 Å². The number of hydrogen-bond acceptors (Lipinski definition) is 4. The van der Waals surface area contributed by atoms with Crippen LogP contribution in [0.5, 0.6) is 0 Å². The minimum Gasteiger partial charge on any atom is -0.354 e. The summed E-state index contributed by atoms with van der Waals surface area (Å²) in [7, 11) is -3.81. The van der Waals surface area contributed by atoms with Crippen molar-refractivity contribution in [3.8, 4) is 0 Å². The fraction of sp³-hybridized carbons (Fsp3) is 0.391. The molecule has 1 atom stereocenters. The van der Waals surface area contributed by atoms with Gasteiger partial charge in [0.15, 0.2) is 0 Å². The predicted molar refractivity (Wildman–Crippen MR) is 138 cm³/mol. The lowest BCUT2D eigenvalue weighted by Crippen LogP contribution is -2.51. The minimum absolute atomic E-state index is 0.00454. The van der Waals surface area contributed by atoms with Gasteiger partial charge in [-0.3, -0.25) is 13.9 Å². The van der Waals surface area contributed by atoms with Crippen LogP contribution in [-0.2, 0) is 26.2 Å². The molecule has 186 valence electrons. The molecule has 0 aliphatic carbocycles. The molecule has 0 fully saturated rings. The van der Waals surface area contributed by atoms with Crippen molar-refractivity contribution in [2.45, 2.75) is 39.3 Å². The Labute approximate surface area is 216 Å². The van der Waals surface area contributed by atoms with Gasteiger partial charge in [0.05, 0.1) is 11.9 Å². The number of halogens is 3. The van der Waals surface area contributed by atoms with Gasteiger partial charge in [0, 0.05) is 28.2 Å². The Kier molecular flexibility index (Phi) is 10.5. The SMILES string of the molecule is CCCCNC(=O)C(C)N(Cc1ccc(Cl)cc1Cl)C(=O)CN(c1ccc(Cl)cc1)S(C)(=O)=O. The van der Waals surface area contributed by atoms with Gasteiger partial charge in [-0.05, 0) is 55.3 Å². The normalized spacial score (nSPS) is 12.2. The number of hydrogen-bond donors (Lipinski definition) is 1. The average Bonchev–Trinajstić information content (AvgIpc) is 2.76. The summed E-state index contributed by atoms with van der Waals surface area (Å²) in [5.74, 6) is -0.909. The summed E-state index contributed by atoms with van der Waals surface area (Å²) in [5.41, 5.74) is 0.856. The molecule has 2 rings (SSSR count). The van der Waals surface area contributed by atoms with E-state index in [9.17, 15) is 18.0 Å². The molecule has 0 bridgehead atoms. The Balaban J connectivity index is 2.37. The van der Waals surface area contributed by atoms with Crippen LogP contribution in [0.1, 0.15) is 32.3 Å². The average molecular weight is 549 g/mol. The topological polar surface area (TPSA) is 86.8 Å². The maximum Gasteiger partial charge on any atom is 0.244 e. The smallest absolute Gasteiger partial charge is 0.244 e. The van der Waals surface area contributed by atoms with Crippen LogP contribution in [0.2, 0.25) is 15.1 Å². The van der Waals surface area contributed by atoms with E-state index in [1.165, 1.54) is 29.2 Å². The number of carbonyl (C=O) groups excluding carboxylic acids is 2. The monoisotopic (exact) mass is 547 g/mol. The summed E-state index contributed by atoms with van der Waals surface area (Å²) in [6, 6.07) is 10.1. The van der Waals surface area contributed by atoms with Crippen molar-refractivity contribution in [3.05, 3.63) is 63.1 Å². The largest absolute Gasteiger partial charge is 0.354 e. The fourth-order valence-electron chi connectivity index (χ4n) is 3.17. The number of carbonyl (C=O) groups is 2.